The molecule has 0 saturated carbocycles. The zero-order valence-electron chi connectivity index (χ0n) is 12.8. The van der Waals surface area contributed by atoms with Crippen LogP contribution in [0.4, 0.5) is 4.39 Å². The van der Waals surface area contributed by atoms with Gasteiger partial charge in [0, 0.05) is 38.4 Å². The average molecular weight is 306 g/mol. The van der Waals surface area contributed by atoms with Crippen molar-refractivity contribution in [3.05, 3.63) is 30.1 Å². The number of carbonyl (C=O) groups excluding carboxylic acids is 1. The summed E-state index contributed by atoms with van der Waals surface area (Å²) in [5, 5.41) is 3.30. The number of piperidine rings is 1. The second-order valence-electron chi connectivity index (χ2n) is 6.22. The second-order valence-corrected chi connectivity index (χ2v) is 6.22. The topological polar surface area (TPSA) is 41.6 Å². The van der Waals surface area contributed by atoms with E-state index in [-0.39, 0.29) is 17.8 Å². The Bertz CT molecular complexity index is 509. The number of hydrogen-bond donors (Lipinski definition) is 1. The van der Waals surface area contributed by atoms with E-state index in [1.165, 1.54) is 12.1 Å². The van der Waals surface area contributed by atoms with Crippen molar-refractivity contribution in [3.63, 3.8) is 0 Å². The first-order valence-electron chi connectivity index (χ1n) is 8.11. The molecular weight excluding hydrogens is 283 g/mol. The maximum Gasteiger partial charge on any atom is 0.222 e. The molecule has 5 heteroatoms. The van der Waals surface area contributed by atoms with Crippen molar-refractivity contribution in [1.29, 1.82) is 0 Å². The Morgan fingerprint density at radius 2 is 2.14 bits per heavy atom. The van der Waals surface area contributed by atoms with E-state index in [1.54, 1.807) is 12.1 Å². The first kappa shape index (κ1) is 15.3. The zero-order chi connectivity index (χ0) is 15.4. The van der Waals surface area contributed by atoms with Crippen LogP contribution >= 0.6 is 0 Å². The van der Waals surface area contributed by atoms with Gasteiger partial charge in [-0.25, -0.2) is 4.39 Å². The normalized spacial score (nSPS) is 22.8. The molecule has 0 bridgehead atoms. The van der Waals surface area contributed by atoms with Gasteiger partial charge in [0.2, 0.25) is 5.91 Å². The van der Waals surface area contributed by atoms with Crippen molar-refractivity contribution in [3.8, 4) is 5.75 Å². The van der Waals surface area contributed by atoms with E-state index in [4.69, 9.17) is 4.74 Å². The van der Waals surface area contributed by atoms with Gasteiger partial charge >= 0.3 is 0 Å². The van der Waals surface area contributed by atoms with Crippen molar-refractivity contribution in [2.75, 3.05) is 26.2 Å². The van der Waals surface area contributed by atoms with Gasteiger partial charge in [0.15, 0.2) is 0 Å². The molecule has 2 aliphatic rings. The largest absolute Gasteiger partial charge is 0.490 e. The molecule has 3 rings (SSSR count). The van der Waals surface area contributed by atoms with Gasteiger partial charge in [-0.1, -0.05) is 6.07 Å². The molecule has 1 aromatic rings. The summed E-state index contributed by atoms with van der Waals surface area (Å²) < 4.78 is 19.0. The van der Waals surface area contributed by atoms with Crippen LogP contribution in [-0.4, -0.2) is 43.1 Å². The number of ether oxygens (including phenoxy) is 1. The minimum absolute atomic E-state index is 0.0685. The van der Waals surface area contributed by atoms with E-state index in [9.17, 15) is 9.18 Å². The predicted molar refractivity (Wildman–Crippen MR) is 82.2 cm³/mol. The van der Waals surface area contributed by atoms with Crippen molar-refractivity contribution >= 4 is 5.91 Å². The van der Waals surface area contributed by atoms with E-state index in [2.05, 4.69) is 5.32 Å². The highest BCUT2D eigenvalue weighted by Gasteiger charge is 2.26. The predicted octanol–water partition coefficient (Wildman–Crippen LogP) is 2.20. The monoisotopic (exact) mass is 306 g/mol. The van der Waals surface area contributed by atoms with Crippen molar-refractivity contribution in [2.45, 2.75) is 31.8 Å². The summed E-state index contributed by atoms with van der Waals surface area (Å²) in [4.78, 5) is 14.2. The summed E-state index contributed by atoms with van der Waals surface area (Å²) in [6.45, 7) is 3.46. The van der Waals surface area contributed by atoms with Crippen LogP contribution in [0.3, 0.4) is 0 Å². The molecule has 0 aliphatic carbocycles. The lowest BCUT2D eigenvalue weighted by atomic mass is 10.0. The van der Waals surface area contributed by atoms with E-state index in [0.717, 1.165) is 45.4 Å². The van der Waals surface area contributed by atoms with Crippen LogP contribution in [0.15, 0.2) is 24.3 Å². The maximum atomic E-state index is 13.1. The van der Waals surface area contributed by atoms with Crippen LogP contribution in [0.1, 0.15) is 25.7 Å². The molecule has 1 N–H and O–H groups in total. The quantitative estimate of drug-likeness (QED) is 0.927. The molecule has 2 aliphatic heterocycles. The summed E-state index contributed by atoms with van der Waals surface area (Å²) in [5.74, 6) is 1.05. The summed E-state index contributed by atoms with van der Waals surface area (Å²) in [6.07, 6.45) is 3.45. The second kappa shape index (κ2) is 7.09. The summed E-state index contributed by atoms with van der Waals surface area (Å²) >= 11 is 0. The van der Waals surface area contributed by atoms with E-state index >= 15 is 0 Å². The van der Waals surface area contributed by atoms with Gasteiger partial charge in [-0.05, 0) is 37.6 Å². The molecule has 1 atom stereocenters. The number of hydrogen-bond acceptors (Lipinski definition) is 3. The fraction of sp³-hybridized carbons (Fsp3) is 0.588. The standard InChI is InChI=1S/C17H23FN2O2/c18-14-2-1-3-16(11-14)22-15-5-8-20(9-6-15)17(21)10-13-4-7-19-12-13/h1-3,11,13,15,19H,4-10,12H2/t13-/m0/s1. The fourth-order valence-electron chi connectivity index (χ4n) is 3.22. The Kier molecular flexibility index (Phi) is 4.93. The summed E-state index contributed by atoms with van der Waals surface area (Å²) in [7, 11) is 0. The van der Waals surface area contributed by atoms with Gasteiger partial charge in [0.05, 0.1) is 0 Å². The van der Waals surface area contributed by atoms with Crippen molar-refractivity contribution < 1.29 is 13.9 Å². The Morgan fingerprint density at radius 1 is 1.32 bits per heavy atom. The van der Waals surface area contributed by atoms with E-state index in [0.29, 0.717) is 18.1 Å². The minimum atomic E-state index is -0.282. The molecule has 1 aromatic carbocycles. The molecule has 0 aromatic heterocycles. The summed E-state index contributed by atoms with van der Waals surface area (Å²) in [6, 6.07) is 6.24. The molecular formula is C17H23FN2O2. The molecule has 2 fully saturated rings. The SMILES string of the molecule is O=C(C[C@@H]1CCNC1)N1CCC(Oc2cccc(F)c2)CC1. The molecule has 2 heterocycles. The lowest BCUT2D eigenvalue weighted by Gasteiger charge is -2.32. The van der Waals surface area contributed by atoms with Gasteiger partial charge in [-0.3, -0.25) is 4.79 Å². The molecule has 120 valence electrons. The van der Waals surface area contributed by atoms with Crippen LogP contribution < -0.4 is 10.1 Å². The third kappa shape index (κ3) is 3.97. The molecule has 2 saturated heterocycles. The number of amides is 1. The Morgan fingerprint density at radius 3 is 2.82 bits per heavy atom. The van der Waals surface area contributed by atoms with Gasteiger partial charge in [-0.15, -0.1) is 0 Å². The average Bonchev–Trinajstić information content (AvgIpc) is 3.01. The van der Waals surface area contributed by atoms with Crippen molar-refractivity contribution in [1.82, 2.24) is 10.2 Å². The summed E-state index contributed by atoms with van der Waals surface area (Å²) in [5.41, 5.74) is 0. The molecule has 1 amide bonds. The van der Waals surface area contributed by atoms with Crippen molar-refractivity contribution in [2.24, 2.45) is 5.92 Å². The Labute approximate surface area is 130 Å². The fourth-order valence-corrected chi connectivity index (χ4v) is 3.22. The molecule has 22 heavy (non-hydrogen) atoms. The number of carbonyl (C=O) groups is 1. The zero-order valence-corrected chi connectivity index (χ0v) is 12.8. The Hall–Kier alpha value is -1.62. The number of nitrogens with one attached hydrogen (secondary N) is 1. The van der Waals surface area contributed by atoms with E-state index < -0.39 is 0 Å². The molecule has 0 spiro atoms. The number of halogens is 1. The van der Waals surface area contributed by atoms with E-state index in [1.807, 2.05) is 4.90 Å². The molecule has 4 nitrogen and oxygen atoms in total. The number of benzene rings is 1. The number of nitrogens with zero attached hydrogens (tertiary/aromatic N) is 1. The third-order valence-electron chi connectivity index (χ3n) is 4.52. The van der Waals surface area contributed by atoms with Gasteiger partial charge in [-0.2, -0.15) is 0 Å². The van der Waals surface area contributed by atoms with Gasteiger partial charge in [0.25, 0.3) is 0 Å². The Balaban J connectivity index is 1.44. The third-order valence-corrected chi connectivity index (χ3v) is 4.52. The maximum absolute atomic E-state index is 13.1. The number of likely N-dealkylation sites (tertiary alicyclic amines) is 1. The van der Waals surface area contributed by atoms with Gasteiger partial charge < -0.3 is 15.0 Å². The van der Waals surface area contributed by atoms with Crippen LogP contribution in [-0.2, 0) is 4.79 Å². The van der Waals surface area contributed by atoms with Crippen LogP contribution in [0, 0.1) is 11.7 Å². The highest BCUT2D eigenvalue weighted by atomic mass is 19.1. The lowest BCUT2D eigenvalue weighted by Crippen LogP contribution is -2.42. The highest BCUT2D eigenvalue weighted by Crippen LogP contribution is 2.21. The van der Waals surface area contributed by atoms with Crippen LogP contribution in [0.2, 0.25) is 0 Å². The highest BCUT2D eigenvalue weighted by molar-refractivity contribution is 5.76. The number of rotatable bonds is 4. The lowest BCUT2D eigenvalue weighted by molar-refractivity contribution is -0.133. The first-order chi connectivity index (χ1) is 10.7. The first-order valence-corrected chi connectivity index (χ1v) is 8.11. The van der Waals surface area contributed by atoms with Crippen LogP contribution in [0.5, 0.6) is 5.75 Å². The molecule has 0 radical (unpaired) electrons. The van der Waals surface area contributed by atoms with Gasteiger partial charge in [0.1, 0.15) is 17.7 Å². The smallest absolute Gasteiger partial charge is 0.222 e. The minimum Gasteiger partial charge on any atom is -0.490 e. The van der Waals surface area contributed by atoms with Crippen LogP contribution in [0.25, 0.3) is 0 Å². The molecule has 0 unspecified atom stereocenters.